The Balaban J connectivity index is 1.86. The third-order valence-electron chi connectivity index (χ3n) is 8.04. The van der Waals surface area contributed by atoms with E-state index >= 15 is 0 Å². The molecule has 14 heteroatoms. The van der Waals surface area contributed by atoms with Gasteiger partial charge >= 0.3 is 0 Å². The van der Waals surface area contributed by atoms with Gasteiger partial charge in [-0.3, -0.25) is 29.0 Å². The molecular weight excluding hydrogens is 663 g/mol. The van der Waals surface area contributed by atoms with E-state index in [2.05, 4.69) is 20.6 Å². The fourth-order valence-electron chi connectivity index (χ4n) is 5.31. The van der Waals surface area contributed by atoms with Crippen LogP contribution in [0.25, 0.3) is 10.2 Å². The molecule has 3 amide bonds. The quantitative estimate of drug-likeness (QED) is 0.0447. The van der Waals surface area contributed by atoms with Crippen LogP contribution in [0.5, 0.6) is 0 Å². The fraction of sp³-hybridized carbons (Fsp3) is 0.457. The van der Waals surface area contributed by atoms with E-state index in [0.29, 0.717) is 18.4 Å². The van der Waals surface area contributed by atoms with E-state index in [9.17, 15) is 24.0 Å². The number of primary amides is 1. The number of Topliss-reactive ketones (excluding diaryl/α,β-unsaturated/α-hetero) is 2. The lowest BCUT2D eigenvalue weighted by Gasteiger charge is -2.24. The molecule has 0 aliphatic rings. The number of nitrogens with zero attached hydrogens (tertiary/aromatic N) is 2. The van der Waals surface area contributed by atoms with Gasteiger partial charge in [0.1, 0.15) is 0 Å². The predicted molar refractivity (Wildman–Crippen MR) is 196 cm³/mol. The molecule has 0 radical (unpaired) electrons. The highest BCUT2D eigenvalue weighted by atomic mass is 32.2. The Morgan fingerprint density at radius 1 is 0.878 bits per heavy atom. The normalized spacial score (nSPS) is 13.5. The molecule has 0 bridgehead atoms. The molecular formula is C35H47N7O5S2. The van der Waals surface area contributed by atoms with Gasteiger partial charge in [0.25, 0.3) is 0 Å². The lowest BCUT2D eigenvalue weighted by atomic mass is 9.89. The number of amides is 3. The molecule has 12 nitrogen and oxygen atoms in total. The van der Waals surface area contributed by atoms with Crippen LogP contribution in [0.1, 0.15) is 67.2 Å². The zero-order valence-corrected chi connectivity index (χ0v) is 29.7. The summed E-state index contributed by atoms with van der Waals surface area (Å²) in [5.74, 6) is -2.54. The van der Waals surface area contributed by atoms with Crippen LogP contribution in [-0.4, -0.2) is 70.9 Å². The fourth-order valence-corrected chi connectivity index (χ4v) is 6.72. The Kier molecular flexibility index (Phi) is 16.2. The van der Waals surface area contributed by atoms with Gasteiger partial charge in [-0.15, -0.1) is 11.3 Å². The highest BCUT2D eigenvalue weighted by molar-refractivity contribution is 7.98. The molecule has 3 rings (SSSR count). The summed E-state index contributed by atoms with van der Waals surface area (Å²) < 4.78 is 0.839. The molecule has 0 aliphatic carbocycles. The van der Waals surface area contributed by atoms with Crippen molar-refractivity contribution in [3.63, 3.8) is 0 Å². The topological polar surface area (TPSA) is 213 Å². The van der Waals surface area contributed by atoms with E-state index in [1.54, 1.807) is 18.7 Å². The van der Waals surface area contributed by atoms with Gasteiger partial charge in [0.15, 0.2) is 16.8 Å². The van der Waals surface area contributed by atoms with Crippen LogP contribution in [0.15, 0.2) is 59.6 Å². The minimum absolute atomic E-state index is 0.0145. The minimum Gasteiger partial charge on any atom is -0.370 e. The maximum absolute atomic E-state index is 14.0. The van der Waals surface area contributed by atoms with Crippen LogP contribution in [0.3, 0.4) is 0 Å². The summed E-state index contributed by atoms with van der Waals surface area (Å²) in [6, 6.07) is 14.7. The second-order valence-electron chi connectivity index (χ2n) is 12.0. The molecule has 1 aromatic heterocycles. The van der Waals surface area contributed by atoms with Crippen molar-refractivity contribution in [2.45, 2.75) is 70.4 Å². The smallest absolute Gasteiger partial charge is 0.224 e. The number of carbonyl (C=O) groups is 5. The standard InChI is InChI=1S/C35H47N7O5S2/c1-22(10-9-19-48-2)32(46)40-25(16-17-30(36)44)28(43)21-24(20-23-11-4-3-5-12-23)33(47)41-27(14-8-18-39-35(37)38)31(45)34-42-26-13-6-7-15-29(26)49-34/h3-7,11-13,15,22,24-25,27H,8-10,14,16-21H2,1-2H3,(H2,36,44)(H,40,46)(H,41,47)(H4,37,38,39)/t22-,24+,25-,27-/m0/s1. The van der Waals surface area contributed by atoms with Crippen molar-refractivity contribution in [1.29, 1.82) is 0 Å². The Labute approximate surface area is 295 Å². The molecule has 0 unspecified atom stereocenters. The lowest BCUT2D eigenvalue weighted by molar-refractivity contribution is -0.133. The van der Waals surface area contributed by atoms with Crippen molar-refractivity contribution >= 4 is 68.6 Å². The first-order valence-corrected chi connectivity index (χ1v) is 18.6. The van der Waals surface area contributed by atoms with E-state index in [1.165, 1.54) is 11.3 Å². The van der Waals surface area contributed by atoms with Gasteiger partial charge < -0.3 is 27.8 Å². The van der Waals surface area contributed by atoms with Crippen LogP contribution in [-0.2, 0) is 25.6 Å². The number of nitrogens with two attached hydrogens (primary N) is 3. The van der Waals surface area contributed by atoms with Gasteiger partial charge in [-0.1, -0.05) is 49.4 Å². The Morgan fingerprint density at radius 2 is 1.57 bits per heavy atom. The maximum Gasteiger partial charge on any atom is 0.224 e. The molecule has 0 spiro atoms. The van der Waals surface area contributed by atoms with Crippen molar-refractivity contribution in [2.24, 2.45) is 34.0 Å². The van der Waals surface area contributed by atoms with Crippen molar-refractivity contribution in [3.05, 3.63) is 65.2 Å². The number of fused-ring (bicyclic) bond motifs is 1. The SMILES string of the molecule is CSCCC[C@H](C)C(=O)N[C@@H](CCC(N)=O)C(=O)C[C@@H](Cc1ccccc1)C(=O)N[C@@H](CCCN=C(N)N)C(=O)c1nc2ccccc2s1. The highest BCUT2D eigenvalue weighted by Crippen LogP contribution is 2.24. The summed E-state index contributed by atoms with van der Waals surface area (Å²) in [7, 11) is 0. The summed E-state index contributed by atoms with van der Waals surface area (Å²) in [6.45, 7) is 2.05. The van der Waals surface area contributed by atoms with E-state index < -0.39 is 35.6 Å². The lowest BCUT2D eigenvalue weighted by Crippen LogP contribution is -2.47. The Bertz CT molecular complexity index is 1560. The second kappa shape index (κ2) is 20.3. The number of thioether (sulfide) groups is 1. The molecule has 2 aromatic carbocycles. The highest BCUT2D eigenvalue weighted by Gasteiger charge is 2.32. The summed E-state index contributed by atoms with van der Waals surface area (Å²) >= 11 is 2.93. The van der Waals surface area contributed by atoms with Gasteiger partial charge in [0.05, 0.1) is 22.3 Å². The first kappa shape index (κ1) is 39.1. The van der Waals surface area contributed by atoms with Gasteiger partial charge in [-0.05, 0) is 68.2 Å². The Hall–Kier alpha value is -4.30. The van der Waals surface area contributed by atoms with Crippen LogP contribution in [0.2, 0.25) is 0 Å². The molecule has 264 valence electrons. The average Bonchev–Trinajstić information content (AvgIpc) is 3.52. The minimum atomic E-state index is -1.01. The number of ketones is 2. The third kappa shape index (κ3) is 13.3. The molecule has 8 N–H and O–H groups in total. The summed E-state index contributed by atoms with van der Waals surface area (Å²) in [4.78, 5) is 74.9. The van der Waals surface area contributed by atoms with Crippen molar-refractivity contribution < 1.29 is 24.0 Å². The number of benzene rings is 2. The monoisotopic (exact) mass is 709 g/mol. The van der Waals surface area contributed by atoms with Crippen molar-refractivity contribution in [2.75, 3.05) is 18.6 Å². The zero-order valence-electron chi connectivity index (χ0n) is 28.1. The molecule has 0 saturated heterocycles. The first-order chi connectivity index (χ1) is 23.5. The predicted octanol–water partition coefficient (Wildman–Crippen LogP) is 3.37. The number of aliphatic imine (C=N–C) groups is 1. The number of rotatable bonds is 22. The first-order valence-electron chi connectivity index (χ1n) is 16.4. The second-order valence-corrected chi connectivity index (χ2v) is 14.0. The number of nitrogens with one attached hydrogen (secondary N) is 2. The Morgan fingerprint density at radius 3 is 2.24 bits per heavy atom. The van der Waals surface area contributed by atoms with E-state index in [1.807, 2.05) is 60.9 Å². The number of hydrogen-bond donors (Lipinski definition) is 5. The van der Waals surface area contributed by atoms with Crippen LogP contribution in [0.4, 0.5) is 0 Å². The zero-order chi connectivity index (χ0) is 35.8. The number of aromatic nitrogens is 1. The van der Waals surface area contributed by atoms with Crippen LogP contribution < -0.4 is 27.8 Å². The van der Waals surface area contributed by atoms with Crippen molar-refractivity contribution in [3.8, 4) is 0 Å². The largest absolute Gasteiger partial charge is 0.370 e. The number of thiazole rings is 1. The molecule has 4 atom stereocenters. The summed E-state index contributed by atoms with van der Waals surface area (Å²) in [5.41, 5.74) is 17.8. The van der Waals surface area contributed by atoms with Gasteiger partial charge in [0, 0.05) is 31.2 Å². The number of carbonyl (C=O) groups excluding carboxylic acids is 5. The van der Waals surface area contributed by atoms with Gasteiger partial charge in [-0.2, -0.15) is 11.8 Å². The number of para-hydroxylation sites is 1. The van der Waals surface area contributed by atoms with Crippen LogP contribution >= 0.6 is 23.1 Å². The molecule has 0 aliphatic heterocycles. The number of hydrogen-bond acceptors (Lipinski definition) is 9. The third-order valence-corrected chi connectivity index (χ3v) is 9.79. The van der Waals surface area contributed by atoms with Crippen molar-refractivity contribution in [1.82, 2.24) is 15.6 Å². The van der Waals surface area contributed by atoms with E-state index in [0.717, 1.165) is 22.4 Å². The number of guanidine groups is 1. The summed E-state index contributed by atoms with van der Waals surface area (Å²) in [5, 5.41) is 5.97. The average molecular weight is 710 g/mol. The summed E-state index contributed by atoms with van der Waals surface area (Å²) in [6.07, 6.45) is 4.00. The van der Waals surface area contributed by atoms with E-state index in [4.69, 9.17) is 17.2 Å². The molecule has 0 saturated carbocycles. The molecule has 3 aromatic rings. The molecule has 0 fully saturated rings. The molecule has 49 heavy (non-hydrogen) atoms. The van der Waals surface area contributed by atoms with E-state index in [-0.39, 0.29) is 67.2 Å². The van der Waals surface area contributed by atoms with Crippen LogP contribution in [0, 0.1) is 11.8 Å². The van der Waals surface area contributed by atoms with Gasteiger partial charge in [0.2, 0.25) is 23.5 Å². The van der Waals surface area contributed by atoms with Gasteiger partial charge in [-0.25, -0.2) is 4.98 Å². The molecule has 1 heterocycles. The maximum atomic E-state index is 14.0.